The van der Waals surface area contributed by atoms with Crippen molar-refractivity contribution in [1.82, 2.24) is 0 Å². The van der Waals surface area contributed by atoms with Gasteiger partial charge in [0.2, 0.25) is 0 Å². The summed E-state index contributed by atoms with van der Waals surface area (Å²) in [5, 5.41) is 0. The second kappa shape index (κ2) is 3.49. The largest absolute Gasteiger partial charge is 0.469 e. The fourth-order valence-electron chi connectivity index (χ4n) is 6.23. The van der Waals surface area contributed by atoms with Crippen molar-refractivity contribution < 1.29 is 9.53 Å². The van der Waals surface area contributed by atoms with E-state index in [1.165, 1.54) is 39.2 Å². The number of hydrogen-bond donors (Lipinski definition) is 0. The first-order valence-electron chi connectivity index (χ1n) is 7.34. The van der Waals surface area contributed by atoms with E-state index in [9.17, 15) is 4.79 Å². The number of carbonyl (C=O) groups is 1. The predicted octanol–water partition coefficient (Wildman–Crippen LogP) is 2.87. The second-order valence-electron chi connectivity index (χ2n) is 6.92. The van der Waals surface area contributed by atoms with Crippen LogP contribution in [-0.2, 0) is 9.53 Å². The van der Waals surface area contributed by atoms with Crippen LogP contribution >= 0.6 is 0 Å². The molecule has 0 aromatic heterocycles. The molecule has 4 aliphatic carbocycles. The lowest BCUT2D eigenvalue weighted by Gasteiger charge is -2.38. The van der Waals surface area contributed by atoms with Crippen molar-refractivity contribution in [2.24, 2.45) is 41.4 Å². The standard InChI is InChI=1S/C15H22O2/c1-17-13(16)7-10-5-11-6-12(10)15-9-3-2-8(4-9)14(11)15/h8-12,14-15H,2-7H2,1H3. The number of ether oxygens (including phenoxy) is 1. The van der Waals surface area contributed by atoms with Crippen molar-refractivity contribution >= 4 is 5.97 Å². The Labute approximate surface area is 103 Å². The number of methoxy groups -OCH3 is 1. The summed E-state index contributed by atoms with van der Waals surface area (Å²) in [7, 11) is 1.52. The third kappa shape index (κ3) is 1.30. The Kier molecular flexibility index (Phi) is 2.13. The Hall–Kier alpha value is -0.530. The fourth-order valence-corrected chi connectivity index (χ4v) is 6.23. The molecule has 94 valence electrons. The molecular weight excluding hydrogens is 212 g/mol. The number of fused-ring (bicyclic) bond motifs is 9. The van der Waals surface area contributed by atoms with Gasteiger partial charge >= 0.3 is 5.97 Å². The molecular formula is C15H22O2. The zero-order valence-electron chi connectivity index (χ0n) is 10.6. The van der Waals surface area contributed by atoms with Crippen LogP contribution in [-0.4, -0.2) is 13.1 Å². The van der Waals surface area contributed by atoms with Gasteiger partial charge in [0.15, 0.2) is 0 Å². The van der Waals surface area contributed by atoms with Gasteiger partial charge < -0.3 is 4.74 Å². The van der Waals surface area contributed by atoms with E-state index in [0.717, 1.165) is 35.5 Å². The van der Waals surface area contributed by atoms with Gasteiger partial charge in [0, 0.05) is 6.42 Å². The summed E-state index contributed by atoms with van der Waals surface area (Å²) < 4.78 is 4.85. The number of esters is 1. The Morgan fingerprint density at radius 1 is 1.06 bits per heavy atom. The van der Waals surface area contributed by atoms with Crippen LogP contribution in [0.2, 0.25) is 0 Å². The summed E-state index contributed by atoms with van der Waals surface area (Å²) in [6.07, 6.45) is 7.97. The highest BCUT2D eigenvalue weighted by Crippen LogP contribution is 2.69. The Bertz CT molecular complexity index is 351. The Morgan fingerprint density at radius 2 is 1.82 bits per heavy atom. The lowest BCUT2D eigenvalue weighted by Crippen LogP contribution is -2.33. The molecule has 0 saturated heterocycles. The third-order valence-electron chi connectivity index (χ3n) is 6.53. The molecule has 0 aromatic rings. The van der Waals surface area contributed by atoms with Crippen molar-refractivity contribution in [3.8, 4) is 0 Å². The molecule has 17 heavy (non-hydrogen) atoms. The van der Waals surface area contributed by atoms with Gasteiger partial charge in [-0.25, -0.2) is 0 Å². The summed E-state index contributed by atoms with van der Waals surface area (Å²) >= 11 is 0. The molecule has 0 aromatic carbocycles. The SMILES string of the molecule is COC(=O)CC1CC2CC1C1C3CCC(C3)C21. The fraction of sp³-hybridized carbons (Fsp3) is 0.933. The van der Waals surface area contributed by atoms with Crippen LogP contribution < -0.4 is 0 Å². The van der Waals surface area contributed by atoms with Crippen molar-refractivity contribution in [1.29, 1.82) is 0 Å². The number of rotatable bonds is 2. The summed E-state index contributed by atoms with van der Waals surface area (Å²) in [4.78, 5) is 11.5. The number of hydrogen-bond acceptors (Lipinski definition) is 2. The molecule has 4 rings (SSSR count). The normalized spacial score (nSPS) is 54.1. The highest BCUT2D eigenvalue weighted by Gasteiger charge is 2.62. The average molecular weight is 234 g/mol. The van der Waals surface area contributed by atoms with E-state index < -0.39 is 0 Å². The molecule has 7 atom stereocenters. The van der Waals surface area contributed by atoms with Gasteiger partial charge in [-0.15, -0.1) is 0 Å². The van der Waals surface area contributed by atoms with Crippen LogP contribution in [0.3, 0.4) is 0 Å². The first-order chi connectivity index (χ1) is 8.28. The van der Waals surface area contributed by atoms with Crippen LogP contribution in [0, 0.1) is 41.4 Å². The smallest absolute Gasteiger partial charge is 0.305 e. The summed E-state index contributed by atoms with van der Waals surface area (Å²) in [6, 6.07) is 0. The molecule has 0 N–H and O–H groups in total. The molecule has 0 heterocycles. The van der Waals surface area contributed by atoms with E-state index >= 15 is 0 Å². The zero-order valence-corrected chi connectivity index (χ0v) is 10.6. The van der Waals surface area contributed by atoms with Crippen molar-refractivity contribution in [3.63, 3.8) is 0 Å². The van der Waals surface area contributed by atoms with E-state index in [0.29, 0.717) is 12.3 Å². The molecule has 2 nitrogen and oxygen atoms in total. The highest BCUT2D eigenvalue weighted by molar-refractivity contribution is 5.69. The zero-order chi connectivity index (χ0) is 11.6. The molecule has 0 spiro atoms. The lowest BCUT2D eigenvalue weighted by atomic mass is 9.67. The minimum atomic E-state index is 0.0160. The monoisotopic (exact) mass is 234 g/mol. The van der Waals surface area contributed by atoms with E-state index in [2.05, 4.69) is 0 Å². The summed E-state index contributed by atoms with van der Waals surface area (Å²) in [6.45, 7) is 0. The molecule has 0 aliphatic heterocycles. The summed E-state index contributed by atoms with van der Waals surface area (Å²) in [5.41, 5.74) is 0. The Morgan fingerprint density at radius 3 is 2.59 bits per heavy atom. The molecule has 4 fully saturated rings. The van der Waals surface area contributed by atoms with Gasteiger partial charge in [0.05, 0.1) is 7.11 Å². The van der Waals surface area contributed by atoms with Crippen LogP contribution in [0.25, 0.3) is 0 Å². The van der Waals surface area contributed by atoms with Gasteiger partial charge in [0.25, 0.3) is 0 Å². The van der Waals surface area contributed by atoms with Gasteiger partial charge in [0.1, 0.15) is 0 Å². The highest BCUT2D eigenvalue weighted by atomic mass is 16.5. The van der Waals surface area contributed by atoms with Gasteiger partial charge in [-0.3, -0.25) is 4.79 Å². The molecule has 7 unspecified atom stereocenters. The van der Waals surface area contributed by atoms with Gasteiger partial charge in [-0.1, -0.05) is 0 Å². The maximum atomic E-state index is 11.5. The van der Waals surface area contributed by atoms with Crippen molar-refractivity contribution in [2.75, 3.05) is 7.11 Å². The van der Waals surface area contributed by atoms with E-state index in [1.807, 2.05) is 0 Å². The second-order valence-corrected chi connectivity index (χ2v) is 6.92. The van der Waals surface area contributed by atoms with E-state index in [-0.39, 0.29) is 5.97 Å². The van der Waals surface area contributed by atoms with Crippen LogP contribution in [0.4, 0.5) is 0 Å². The molecule has 2 heteroatoms. The third-order valence-corrected chi connectivity index (χ3v) is 6.53. The predicted molar refractivity (Wildman–Crippen MR) is 64.1 cm³/mol. The number of carbonyl (C=O) groups excluding carboxylic acids is 1. The minimum absolute atomic E-state index is 0.0160. The molecule has 0 amide bonds. The van der Waals surface area contributed by atoms with Crippen LogP contribution in [0.1, 0.15) is 38.5 Å². The Balaban J connectivity index is 1.53. The van der Waals surface area contributed by atoms with Crippen LogP contribution in [0.5, 0.6) is 0 Å². The van der Waals surface area contributed by atoms with E-state index in [4.69, 9.17) is 4.74 Å². The van der Waals surface area contributed by atoms with Crippen LogP contribution in [0.15, 0.2) is 0 Å². The van der Waals surface area contributed by atoms with Crippen molar-refractivity contribution in [3.05, 3.63) is 0 Å². The van der Waals surface area contributed by atoms with Gasteiger partial charge in [-0.05, 0) is 73.5 Å². The maximum Gasteiger partial charge on any atom is 0.305 e. The molecule has 0 radical (unpaired) electrons. The van der Waals surface area contributed by atoms with Crippen molar-refractivity contribution in [2.45, 2.75) is 38.5 Å². The van der Waals surface area contributed by atoms with Gasteiger partial charge in [-0.2, -0.15) is 0 Å². The molecule has 4 saturated carbocycles. The minimum Gasteiger partial charge on any atom is -0.469 e. The summed E-state index contributed by atoms with van der Waals surface area (Å²) in [5.74, 6) is 6.68. The average Bonchev–Trinajstić information content (AvgIpc) is 3.06. The quantitative estimate of drug-likeness (QED) is 0.542. The van der Waals surface area contributed by atoms with E-state index in [1.54, 1.807) is 0 Å². The first kappa shape index (κ1) is 10.4. The molecule has 4 bridgehead atoms. The maximum absolute atomic E-state index is 11.5. The lowest BCUT2D eigenvalue weighted by molar-refractivity contribution is -0.142. The molecule has 4 aliphatic rings. The first-order valence-corrected chi connectivity index (χ1v) is 7.34. The topological polar surface area (TPSA) is 26.3 Å².